The van der Waals surface area contributed by atoms with Gasteiger partial charge >= 0.3 is 0 Å². The Morgan fingerprint density at radius 3 is 2.84 bits per heavy atom. The Morgan fingerprint density at radius 1 is 1.28 bits per heavy atom. The number of aromatic nitrogens is 2. The van der Waals surface area contributed by atoms with Crippen LogP contribution in [0.1, 0.15) is 28.2 Å². The van der Waals surface area contributed by atoms with Gasteiger partial charge in [0.1, 0.15) is 16.2 Å². The highest BCUT2D eigenvalue weighted by atomic mass is 32.1. The summed E-state index contributed by atoms with van der Waals surface area (Å²) in [5.74, 6) is 0.548. The molecule has 0 fully saturated rings. The van der Waals surface area contributed by atoms with Crippen molar-refractivity contribution >= 4 is 38.3 Å². The first-order valence-electron chi connectivity index (χ1n) is 8.08. The van der Waals surface area contributed by atoms with Crippen molar-refractivity contribution in [3.8, 4) is 0 Å². The van der Waals surface area contributed by atoms with Crippen LogP contribution in [0.3, 0.4) is 0 Å². The minimum Gasteiger partial charge on any atom is -0.453 e. The topological polar surface area (TPSA) is 65.1 Å². The second-order valence-corrected chi connectivity index (χ2v) is 7.02. The minimum atomic E-state index is -0.242. The zero-order valence-electron chi connectivity index (χ0n) is 13.9. The fourth-order valence-electron chi connectivity index (χ4n) is 2.87. The summed E-state index contributed by atoms with van der Waals surface area (Å²) in [5, 5.41) is 1.44. The Labute approximate surface area is 147 Å². The van der Waals surface area contributed by atoms with Gasteiger partial charge in [-0.2, -0.15) is 0 Å². The first-order chi connectivity index (χ1) is 12.1. The zero-order valence-corrected chi connectivity index (χ0v) is 14.7. The Balaban J connectivity index is 1.74. The molecule has 6 heteroatoms. The molecule has 0 saturated heterocycles. The number of thiophene rings is 1. The van der Waals surface area contributed by atoms with Crippen molar-refractivity contribution in [3.63, 3.8) is 0 Å². The van der Waals surface area contributed by atoms with Crippen molar-refractivity contribution < 1.29 is 9.21 Å². The fraction of sp³-hybridized carbons (Fsp3) is 0.211. The molecule has 0 bridgehead atoms. The molecule has 0 spiro atoms. The predicted octanol–water partition coefficient (Wildman–Crippen LogP) is 3.96. The number of rotatable bonds is 4. The number of hydrogen-bond acceptors (Lipinski definition) is 5. The second kappa shape index (κ2) is 5.97. The Morgan fingerprint density at radius 2 is 2.08 bits per heavy atom. The Hall–Kier alpha value is -2.73. The summed E-state index contributed by atoms with van der Waals surface area (Å²) in [4.78, 5) is 31.7. The van der Waals surface area contributed by atoms with E-state index in [1.165, 1.54) is 15.9 Å². The van der Waals surface area contributed by atoms with Gasteiger partial charge in [-0.05, 0) is 31.5 Å². The summed E-state index contributed by atoms with van der Waals surface area (Å²) in [5.41, 5.74) is 0.483. The molecule has 0 aliphatic carbocycles. The van der Waals surface area contributed by atoms with E-state index in [9.17, 15) is 9.59 Å². The van der Waals surface area contributed by atoms with Crippen LogP contribution in [0.5, 0.6) is 0 Å². The minimum absolute atomic E-state index is 0.0786. The van der Waals surface area contributed by atoms with E-state index in [2.05, 4.69) is 4.98 Å². The lowest BCUT2D eigenvalue weighted by atomic mass is 10.2. The Kier molecular flexibility index (Phi) is 3.77. The Bertz CT molecular complexity index is 1130. The average molecular weight is 352 g/mol. The van der Waals surface area contributed by atoms with Gasteiger partial charge in [0.15, 0.2) is 5.76 Å². The molecule has 0 amide bonds. The number of ketones is 1. The normalized spacial score (nSPS) is 11.4. The molecule has 0 N–H and O–H groups in total. The number of carbonyl (C=O) groups excluding carboxylic acids is 1. The van der Waals surface area contributed by atoms with Crippen molar-refractivity contribution in [2.24, 2.45) is 0 Å². The highest BCUT2D eigenvalue weighted by molar-refractivity contribution is 7.18. The van der Waals surface area contributed by atoms with Crippen LogP contribution in [-0.2, 0) is 13.0 Å². The van der Waals surface area contributed by atoms with Crippen LogP contribution in [0.25, 0.3) is 21.2 Å². The number of carbonyl (C=O) groups is 1. The fourth-order valence-corrected chi connectivity index (χ4v) is 3.87. The molecule has 1 aromatic carbocycles. The molecule has 0 aliphatic heterocycles. The van der Waals surface area contributed by atoms with Gasteiger partial charge in [-0.3, -0.25) is 14.2 Å². The van der Waals surface area contributed by atoms with Crippen molar-refractivity contribution in [2.45, 2.75) is 26.8 Å². The van der Waals surface area contributed by atoms with Crippen LogP contribution in [0.15, 0.2) is 45.6 Å². The number of nitrogens with zero attached hydrogens (tertiary/aromatic N) is 2. The van der Waals surface area contributed by atoms with Gasteiger partial charge in [0.25, 0.3) is 5.56 Å². The van der Waals surface area contributed by atoms with Gasteiger partial charge in [0.2, 0.25) is 5.78 Å². The third-order valence-corrected chi connectivity index (χ3v) is 5.42. The van der Waals surface area contributed by atoms with E-state index < -0.39 is 0 Å². The number of aryl methyl sites for hydroxylation is 2. The summed E-state index contributed by atoms with van der Waals surface area (Å²) in [6.45, 7) is 3.71. The monoisotopic (exact) mass is 352 g/mol. The SMILES string of the molecule is CCc1cc2c(=O)n(CC(=O)c3cc4ccccc4o3)c(C)nc2s1. The number of fused-ring (bicyclic) bond motifs is 2. The van der Waals surface area contributed by atoms with Crippen LogP contribution < -0.4 is 5.56 Å². The van der Waals surface area contributed by atoms with E-state index in [0.29, 0.717) is 16.8 Å². The van der Waals surface area contributed by atoms with E-state index in [-0.39, 0.29) is 23.6 Å². The van der Waals surface area contributed by atoms with Crippen molar-refractivity contribution in [3.05, 3.63) is 63.2 Å². The standard InChI is InChI=1S/C19H16N2O3S/c1-3-13-9-14-18(25-13)20-11(2)21(19(14)23)10-15(22)17-8-12-6-4-5-7-16(12)24-17/h4-9H,3,10H2,1-2H3. The largest absolute Gasteiger partial charge is 0.453 e. The molecule has 4 rings (SSSR count). The van der Waals surface area contributed by atoms with Crippen LogP contribution in [0, 0.1) is 6.92 Å². The first kappa shape index (κ1) is 15.8. The molecule has 4 aromatic rings. The maximum absolute atomic E-state index is 12.8. The molecule has 5 nitrogen and oxygen atoms in total. The summed E-state index contributed by atoms with van der Waals surface area (Å²) in [7, 11) is 0. The van der Waals surface area contributed by atoms with Crippen LogP contribution >= 0.6 is 11.3 Å². The lowest BCUT2D eigenvalue weighted by Gasteiger charge is -2.07. The number of benzene rings is 1. The lowest BCUT2D eigenvalue weighted by Crippen LogP contribution is -2.27. The van der Waals surface area contributed by atoms with Crippen molar-refractivity contribution in [1.82, 2.24) is 9.55 Å². The molecule has 0 aliphatic rings. The summed E-state index contributed by atoms with van der Waals surface area (Å²) in [6, 6.07) is 11.0. The highest BCUT2D eigenvalue weighted by Gasteiger charge is 2.17. The lowest BCUT2D eigenvalue weighted by molar-refractivity contribution is 0.0944. The van der Waals surface area contributed by atoms with E-state index in [4.69, 9.17) is 4.42 Å². The molecular formula is C19H16N2O3S. The highest BCUT2D eigenvalue weighted by Crippen LogP contribution is 2.23. The average Bonchev–Trinajstić information content (AvgIpc) is 3.22. The maximum Gasteiger partial charge on any atom is 0.262 e. The number of para-hydroxylation sites is 1. The summed E-state index contributed by atoms with van der Waals surface area (Å²) >= 11 is 1.52. The molecule has 0 saturated carbocycles. The van der Waals surface area contributed by atoms with Gasteiger partial charge in [-0.1, -0.05) is 25.1 Å². The smallest absolute Gasteiger partial charge is 0.262 e. The van der Waals surface area contributed by atoms with Crippen molar-refractivity contribution in [1.29, 1.82) is 0 Å². The molecule has 0 radical (unpaired) electrons. The van der Waals surface area contributed by atoms with Gasteiger partial charge in [0.05, 0.1) is 11.9 Å². The van der Waals surface area contributed by atoms with E-state index >= 15 is 0 Å². The first-order valence-corrected chi connectivity index (χ1v) is 8.90. The van der Waals surface area contributed by atoms with Gasteiger partial charge in [0, 0.05) is 10.3 Å². The predicted molar refractivity (Wildman–Crippen MR) is 98.5 cm³/mol. The molecule has 0 atom stereocenters. The second-order valence-electron chi connectivity index (χ2n) is 5.91. The van der Waals surface area contributed by atoms with Gasteiger partial charge in [-0.25, -0.2) is 4.98 Å². The van der Waals surface area contributed by atoms with Gasteiger partial charge in [-0.15, -0.1) is 11.3 Å². The van der Waals surface area contributed by atoms with Crippen LogP contribution in [-0.4, -0.2) is 15.3 Å². The van der Waals surface area contributed by atoms with E-state index in [1.807, 2.05) is 37.3 Å². The molecule has 0 unspecified atom stereocenters. The summed E-state index contributed by atoms with van der Waals surface area (Å²) < 4.78 is 7.03. The molecule has 25 heavy (non-hydrogen) atoms. The quantitative estimate of drug-likeness (QED) is 0.522. The zero-order chi connectivity index (χ0) is 17.6. The third-order valence-electron chi connectivity index (χ3n) is 4.24. The number of Topliss-reactive ketones (excluding diaryl/α,β-unsaturated/α-hetero) is 1. The molecular weight excluding hydrogens is 336 g/mol. The third kappa shape index (κ3) is 2.68. The van der Waals surface area contributed by atoms with Crippen LogP contribution in [0.2, 0.25) is 0 Å². The molecule has 126 valence electrons. The van der Waals surface area contributed by atoms with E-state index in [1.54, 1.807) is 13.0 Å². The number of hydrogen-bond donors (Lipinski definition) is 0. The molecule has 3 aromatic heterocycles. The maximum atomic E-state index is 12.8. The number of furan rings is 1. The van der Waals surface area contributed by atoms with Gasteiger partial charge < -0.3 is 4.42 Å². The molecule has 3 heterocycles. The summed E-state index contributed by atoms with van der Waals surface area (Å²) in [6.07, 6.45) is 0.859. The van der Waals surface area contributed by atoms with E-state index in [0.717, 1.165) is 21.5 Å². The van der Waals surface area contributed by atoms with Crippen LogP contribution in [0.4, 0.5) is 0 Å². The van der Waals surface area contributed by atoms with Crippen molar-refractivity contribution in [2.75, 3.05) is 0 Å².